The Kier molecular flexibility index (Phi) is 6.57. The highest BCUT2D eigenvalue weighted by Crippen LogP contribution is 2.31. The van der Waals surface area contributed by atoms with Crippen molar-refractivity contribution in [3.8, 4) is 29.1 Å². The van der Waals surface area contributed by atoms with E-state index in [1.807, 2.05) is 24.3 Å². The fourth-order valence-corrected chi connectivity index (χ4v) is 2.54. The summed E-state index contributed by atoms with van der Waals surface area (Å²) in [6, 6.07) is 21.5. The molecule has 7 nitrogen and oxygen atoms in total. The third kappa shape index (κ3) is 5.07. The molecule has 7 heteroatoms. The third-order valence-corrected chi connectivity index (χ3v) is 3.95. The van der Waals surface area contributed by atoms with Crippen LogP contribution in [0.2, 0.25) is 0 Å². The predicted molar refractivity (Wildman–Crippen MR) is 101 cm³/mol. The lowest BCUT2D eigenvalue weighted by atomic mass is 10.2. The van der Waals surface area contributed by atoms with Crippen molar-refractivity contribution in [2.24, 2.45) is 0 Å². The van der Waals surface area contributed by atoms with Crippen LogP contribution in [0.15, 0.2) is 66.7 Å². The zero-order valence-corrected chi connectivity index (χ0v) is 14.9. The summed E-state index contributed by atoms with van der Waals surface area (Å²) in [5.41, 5.74) is 6.40. The number of hydroxylamine groups is 2. The maximum atomic E-state index is 9.34. The quantitative estimate of drug-likeness (QED) is 0.438. The van der Waals surface area contributed by atoms with Gasteiger partial charge in [-0.15, -0.1) is 0 Å². The van der Waals surface area contributed by atoms with Gasteiger partial charge in [0.25, 0.3) is 0 Å². The Morgan fingerprint density at radius 1 is 0.714 bits per heavy atom. The Morgan fingerprint density at radius 2 is 1.21 bits per heavy atom. The number of nitriles is 1. The molecule has 0 radical (unpaired) electrons. The highest BCUT2D eigenvalue weighted by molar-refractivity contribution is 5.50. The summed E-state index contributed by atoms with van der Waals surface area (Å²) < 4.78 is 11.7. The van der Waals surface area contributed by atoms with Gasteiger partial charge < -0.3 is 19.9 Å². The molecule has 3 rings (SSSR count). The van der Waals surface area contributed by atoms with Crippen LogP contribution in [0, 0.1) is 11.3 Å². The molecule has 0 aliphatic carbocycles. The Bertz CT molecular complexity index is 951. The Labute approximate surface area is 162 Å². The van der Waals surface area contributed by atoms with Crippen LogP contribution in [0.1, 0.15) is 16.7 Å². The SMILES string of the molecule is N#Cc1ccc(Oc2ccc(CNO)cc2)cc1Oc1ccc(CNO)cc1. The molecule has 3 aromatic rings. The van der Waals surface area contributed by atoms with Crippen LogP contribution in [-0.4, -0.2) is 10.4 Å². The minimum atomic E-state index is 0.334. The van der Waals surface area contributed by atoms with E-state index >= 15 is 0 Å². The average molecular weight is 377 g/mol. The largest absolute Gasteiger partial charge is 0.457 e. The van der Waals surface area contributed by atoms with Crippen LogP contribution >= 0.6 is 0 Å². The van der Waals surface area contributed by atoms with E-state index in [1.54, 1.807) is 42.5 Å². The number of nitrogens with zero attached hydrogens (tertiary/aromatic N) is 1. The van der Waals surface area contributed by atoms with E-state index in [1.165, 1.54) is 0 Å². The predicted octanol–water partition coefficient (Wildman–Crippen LogP) is 4.10. The van der Waals surface area contributed by atoms with E-state index in [0.717, 1.165) is 11.1 Å². The number of ether oxygens (including phenoxy) is 2. The van der Waals surface area contributed by atoms with Gasteiger partial charge in [-0.2, -0.15) is 5.26 Å². The lowest BCUT2D eigenvalue weighted by Gasteiger charge is -2.11. The average Bonchev–Trinajstić information content (AvgIpc) is 2.72. The molecule has 142 valence electrons. The minimum absolute atomic E-state index is 0.334. The van der Waals surface area contributed by atoms with Gasteiger partial charge >= 0.3 is 0 Å². The summed E-state index contributed by atoms with van der Waals surface area (Å²) in [5.74, 6) is 2.10. The van der Waals surface area contributed by atoms with Crippen molar-refractivity contribution >= 4 is 0 Å². The van der Waals surface area contributed by atoms with Crippen molar-refractivity contribution in [2.75, 3.05) is 0 Å². The molecule has 28 heavy (non-hydrogen) atoms. The molecule has 0 amide bonds. The summed E-state index contributed by atoms with van der Waals surface area (Å²) >= 11 is 0. The molecule has 0 saturated heterocycles. The number of hydrogen-bond donors (Lipinski definition) is 4. The van der Waals surface area contributed by atoms with Crippen molar-refractivity contribution in [3.63, 3.8) is 0 Å². The zero-order chi connectivity index (χ0) is 19.8. The molecule has 0 atom stereocenters. The van der Waals surface area contributed by atoms with Crippen molar-refractivity contribution in [1.82, 2.24) is 11.0 Å². The second kappa shape index (κ2) is 9.50. The van der Waals surface area contributed by atoms with E-state index in [-0.39, 0.29) is 0 Å². The van der Waals surface area contributed by atoms with E-state index in [4.69, 9.17) is 19.9 Å². The van der Waals surface area contributed by atoms with Crippen molar-refractivity contribution < 1.29 is 19.9 Å². The summed E-state index contributed by atoms with van der Waals surface area (Å²) in [6.07, 6.45) is 0. The maximum Gasteiger partial charge on any atom is 0.148 e. The number of benzene rings is 3. The molecule has 3 aromatic carbocycles. The van der Waals surface area contributed by atoms with Gasteiger partial charge in [0.1, 0.15) is 29.1 Å². The monoisotopic (exact) mass is 377 g/mol. The van der Waals surface area contributed by atoms with Crippen molar-refractivity contribution in [3.05, 3.63) is 83.4 Å². The lowest BCUT2D eigenvalue weighted by Crippen LogP contribution is -2.05. The third-order valence-electron chi connectivity index (χ3n) is 3.95. The van der Waals surface area contributed by atoms with Crippen LogP contribution < -0.4 is 20.4 Å². The highest BCUT2D eigenvalue weighted by atomic mass is 16.5. The van der Waals surface area contributed by atoms with E-state index in [9.17, 15) is 5.26 Å². The first kappa shape index (κ1) is 19.4. The fraction of sp³-hybridized carbons (Fsp3) is 0.0952. The van der Waals surface area contributed by atoms with Crippen LogP contribution in [-0.2, 0) is 13.1 Å². The van der Waals surface area contributed by atoms with E-state index in [0.29, 0.717) is 41.7 Å². The van der Waals surface area contributed by atoms with Crippen LogP contribution in [0.3, 0.4) is 0 Å². The maximum absolute atomic E-state index is 9.34. The molecule has 0 heterocycles. The molecule has 0 unspecified atom stereocenters. The Hall–Kier alpha value is -3.41. The van der Waals surface area contributed by atoms with Crippen molar-refractivity contribution in [1.29, 1.82) is 5.26 Å². The molecule has 0 bridgehead atoms. The summed E-state index contributed by atoms with van der Waals surface area (Å²) in [7, 11) is 0. The van der Waals surface area contributed by atoms with Gasteiger partial charge in [0.2, 0.25) is 0 Å². The van der Waals surface area contributed by atoms with Crippen LogP contribution in [0.4, 0.5) is 0 Å². The number of nitrogens with one attached hydrogen (secondary N) is 2. The molecule has 4 N–H and O–H groups in total. The van der Waals surface area contributed by atoms with E-state index < -0.39 is 0 Å². The molecule has 0 aromatic heterocycles. The molecule has 0 spiro atoms. The van der Waals surface area contributed by atoms with Crippen LogP contribution in [0.5, 0.6) is 23.0 Å². The zero-order valence-electron chi connectivity index (χ0n) is 14.9. The fourth-order valence-electron chi connectivity index (χ4n) is 2.54. The standard InChI is InChI=1S/C21H19N3O4/c22-12-17-5-10-20(27-18-6-1-15(2-7-18)13-23-25)11-21(17)28-19-8-3-16(4-9-19)14-24-26/h1-11,23-26H,13-14H2. The van der Waals surface area contributed by atoms with Crippen LogP contribution in [0.25, 0.3) is 0 Å². The highest BCUT2D eigenvalue weighted by Gasteiger charge is 2.08. The van der Waals surface area contributed by atoms with E-state index in [2.05, 4.69) is 17.0 Å². The summed E-state index contributed by atoms with van der Waals surface area (Å²) in [5, 5.41) is 26.8. The normalized spacial score (nSPS) is 10.3. The van der Waals surface area contributed by atoms with Gasteiger partial charge in [-0.05, 0) is 47.5 Å². The first-order chi connectivity index (χ1) is 13.7. The van der Waals surface area contributed by atoms with Gasteiger partial charge in [0, 0.05) is 19.2 Å². The molecular weight excluding hydrogens is 358 g/mol. The van der Waals surface area contributed by atoms with Gasteiger partial charge in [-0.25, -0.2) is 11.0 Å². The minimum Gasteiger partial charge on any atom is -0.457 e. The van der Waals surface area contributed by atoms with Gasteiger partial charge in [-0.3, -0.25) is 0 Å². The first-order valence-electron chi connectivity index (χ1n) is 8.53. The molecule has 0 saturated carbocycles. The van der Waals surface area contributed by atoms with Crippen molar-refractivity contribution in [2.45, 2.75) is 13.1 Å². The lowest BCUT2D eigenvalue weighted by molar-refractivity contribution is 0.161. The molecule has 0 aliphatic heterocycles. The second-order valence-electron chi connectivity index (χ2n) is 5.93. The molecule has 0 aliphatic rings. The van der Waals surface area contributed by atoms with Gasteiger partial charge in [0.15, 0.2) is 0 Å². The number of hydrogen-bond acceptors (Lipinski definition) is 7. The van der Waals surface area contributed by atoms with Gasteiger partial charge in [0.05, 0.1) is 5.56 Å². The second-order valence-corrected chi connectivity index (χ2v) is 5.93. The van der Waals surface area contributed by atoms with Gasteiger partial charge in [-0.1, -0.05) is 24.3 Å². The molecular formula is C21H19N3O4. The Morgan fingerprint density at radius 3 is 1.71 bits per heavy atom. The Balaban J connectivity index is 1.76. The smallest absolute Gasteiger partial charge is 0.148 e. The summed E-state index contributed by atoms with van der Waals surface area (Å²) in [4.78, 5) is 0. The summed E-state index contributed by atoms with van der Waals surface area (Å²) in [6.45, 7) is 0.683. The first-order valence-corrected chi connectivity index (χ1v) is 8.53. The topological polar surface area (TPSA) is 107 Å². The molecule has 0 fully saturated rings. The number of rotatable bonds is 8.